The van der Waals surface area contributed by atoms with Crippen LogP contribution in [-0.4, -0.2) is 72.7 Å². The Labute approximate surface area is 157 Å². The van der Waals surface area contributed by atoms with Crippen molar-refractivity contribution in [1.82, 2.24) is 25.7 Å². The fraction of sp³-hybridized carbons (Fsp3) is 0.444. The van der Waals surface area contributed by atoms with Crippen LogP contribution in [0.25, 0.3) is 10.9 Å². The Morgan fingerprint density at radius 2 is 2.26 bits per heavy atom. The molecule has 0 amide bonds. The minimum atomic E-state index is -0.529. The molecule has 27 heavy (non-hydrogen) atoms. The number of hydrogen-bond acceptors (Lipinski definition) is 8. The molecule has 1 aromatic heterocycles. The van der Waals surface area contributed by atoms with E-state index in [-0.39, 0.29) is 6.04 Å². The Hall–Kier alpha value is -2.62. The van der Waals surface area contributed by atoms with E-state index in [0.29, 0.717) is 19.8 Å². The Balaban J connectivity index is 1.58. The van der Waals surface area contributed by atoms with E-state index in [4.69, 9.17) is 9.47 Å². The van der Waals surface area contributed by atoms with Crippen LogP contribution in [-0.2, 0) is 4.74 Å². The molecule has 1 aromatic carbocycles. The number of fused-ring (bicyclic) bond motifs is 1. The first-order valence-electron chi connectivity index (χ1n) is 9.01. The second kappa shape index (κ2) is 7.95. The van der Waals surface area contributed by atoms with Crippen molar-refractivity contribution in [1.29, 1.82) is 0 Å². The lowest BCUT2D eigenvalue weighted by molar-refractivity contribution is 0.0677. The van der Waals surface area contributed by atoms with Crippen molar-refractivity contribution in [2.24, 2.45) is 4.99 Å². The average molecular weight is 372 g/mol. The highest BCUT2D eigenvalue weighted by Gasteiger charge is 2.23. The second-order valence-corrected chi connectivity index (χ2v) is 6.49. The maximum atomic E-state index is 9.84. The third-order valence-corrected chi connectivity index (χ3v) is 4.67. The molecule has 1 saturated heterocycles. The zero-order valence-electron chi connectivity index (χ0n) is 15.2. The summed E-state index contributed by atoms with van der Waals surface area (Å²) < 4.78 is 10.7. The van der Waals surface area contributed by atoms with E-state index in [2.05, 4.69) is 30.7 Å². The first-order chi connectivity index (χ1) is 13.2. The summed E-state index contributed by atoms with van der Waals surface area (Å²) in [6, 6.07) is 5.62. The van der Waals surface area contributed by atoms with E-state index >= 15 is 0 Å². The molecular formula is C18H24N6O3. The largest absolute Gasteiger partial charge is 0.491 e. The highest BCUT2D eigenvalue weighted by Crippen LogP contribution is 2.30. The van der Waals surface area contributed by atoms with Crippen LogP contribution in [0, 0.1) is 0 Å². The standard InChI is InChI=1S/C18H24N6O3/c1-26-6-7-27-12-2-3-14-13(8-12)18(23-22-14)15-9-16(21-11-20-15)24-5-4-19-17(25)10-24/h2-3,8-9,11,15,17,19,25H,4-7,10H2,1H3,(H,20,21)(H,22,23). The Kier molecular flexibility index (Phi) is 5.23. The molecule has 144 valence electrons. The minimum absolute atomic E-state index is 0.187. The Morgan fingerprint density at radius 1 is 1.33 bits per heavy atom. The van der Waals surface area contributed by atoms with Crippen LogP contribution in [0.3, 0.4) is 0 Å². The van der Waals surface area contributed by atoms with Crippen molar-refractivity contribution in [3.63, 3.8) is 0 Å². The number of aromatic amines is 1. The molecule has 2 aliphatic rings. The fourth-order valence-electron chi connectivity index (χ4n) is 3.30. The van der Waals surface area contributed by atoms with Gasteiger partial charge in [0.05, 0.1) is 30.7 Å². The minimum Gasteiger partial charge on any atom is -0.491 e. The number of nitrogens with zero attached hydrogens (tertiary/aromatic N) is 3. The van der Waals surface area contributed by atoms with Crippen LogP contribution in [0.2, 0.25) is 0 Å². The number of hydrogen-bond donors (Lipinski definition) is 4. The van der Waals surface area contributed by atoms with E-state index in [0.717, 1.165) is 41.3 Å². The number of methoxy groups -OCH3 is 1. The number of rotatable bonds is 6. The van der Waals surface area contributed by atoms with Gasteiger partial charge in [-0.1, -0.05) is 0 Å². The molecule has 4 N–H and O–H groups in total. The third-order valence-electron chi connectivity index (χ3n) is 4.67. The molecule has 2 aliphatic heterocycles. The summed E-state index contributed by atoms with van der Waals surface area (Å²) >= 11 is 0. The maximum Gasteiger partial charge on any atom is 0.122 e. The van der Waals surface area contributed by atoms with Gasteiger partial charge in [-0.05, 0) is 24.3 Å². The zero-order valence-corrected chi connectivity index (χ0v) is 15.2. The molecule has 9 nitrogen and oxygen atoms in total. The molecule has 2 unspecified atom stereocenters. The van der Waals surface area contributed by atoms with Gasteiger partial charge in [0.2, 0.25) is 0 Å². The summed E-state index contributed by atoms with van der Waals surface area (Å²) in [5.74, 6) is 1.71. The highest BCUT2D eigenvalue weighted by atomic mass is 16.5. The topological polar surface area (TPSA) is 107 Å². The van der Waals surface area contributed by atoms with Crippen LogP contribution in [0.5, 0.6) is 5.75 Å². The SMILES string of the molecule is COCCOc1ccc2n[nH]c(C3C=C(N4CCNC(O)C4)NC=N3)c2c1. The number of ether oxygens (including phenoxy) is 2. The van der Waals surface area contributed by atoms with Crippen molar-refractivity contribution in [3.8, 4) is 5.75 Å². The number of piperazine rings is 1. The van der Waals surface area contributed by atoms with Crippen LogP contribution in [0.4, 0.5) is 0 Å². The van der Waals surface area contributed by atoms with Crippen molar-refractivity contribution in [2.75, 3.05) is 40.0 Å². The van der Waals surface area contributed by atoms with Gasteiger partial charge in [-0.2, -0.15) is 5.10 Å². The lowest BCUT2D eigenvalue weighted by atomic mass is 10.1. The van der Waals surface area contributed by atoms with E-state index < -0.39 is 6.23 Å². The molecule has 2 atom stereocenters. The monoisotopic (exact) mass is 372 g/mol. The number of aliphatic imine (C=N–C) groups is 1. The Bertz CT molecular complexity index is 849. The summed E-state index contributed by atoms with van der Waals surface area (Å²) in [5, 5.41) is 24.5. The van der Waals surface area contributed by atoms with Gasteiger partial charge in [-0.25, -0.2) is 0 Å². The summed E-state index contributed by atoms with van der Waals surface area (Å²) in [7, 11) is 1.65. The maximum absolute atomic E-state index is 9.84. The van der Waals surface area contributed by atoms with Crippen molar-refractivity contribution >= 4 is 17.2 Å². The molecule has 0 spiro atoms. The van der Waals surface area contributed by atoms with E-state index in [9.17, 15) is 5.11 Å². The molecule has 0 aliphatic carbocycles. The van der Waals surface area contributed by atoms with Crippen LogP contribution < -0.4 is 15.4 Å². The fourth-order valence-corrected chi connectivity index (χ4v) is 3.30. The van der Waals surface area contributed by atoms with Gasteiger partial charge in [0.15, 0.2) is 0 Å². The number of aromatic nitrogens is 2. The third kappa shape index (κ3) is 3.90. The van der Waals surface area contributed by atoms with Gasteiger partial charge in [0.1, 0.15) is 30.4 Å². The molecular weight excluding hydrogens is 348 g/mol. The molecule has 4 rings (SSSR count). The van der Waals surface area contributed by atoms with Gasteiger partial charge in [0.25, 0.3) is 0 Å². The van der Waals surface area contributed by atoms with Gasteiger partial charge in [-0.3, -0.25) is 15.4 Å². The highest BCUT2D eigenvalue weighted by molar-refractivity contribution is 5.84. The van der Waals surface area contributed by atoms with Gasteiger partial charge >= 0.3 is 0 Å². The van der Waals surface area contributed by atoms with E-state index in [1.807, 2.05) is 24.3 Å². The molecule has 0 radical (unpaired) electrons. The molecule has 9 heteroatoms. The number of aliphatic hydroxyl groups is 1. The van der Waals surface area contributed by atoms with Crippen LogP contribution >= 0.6 is 0 Å². The number of aliphatic hydroxyl groups excluding tert-OH is 1. The predicted molar refractivity (Wildman–Crippen MR) is 101 cm³/mol. The van der Waals surface area contributed by atoms with Crippen LogP contribution in [0.1, 0.15) is 11.7 Å². The predicted octanol–water partition coefficient (Wildman–Crippen LogP) is 0.326. The summed E-state index contributed by atoms with van der Waals surface area (Å²) in [6.07, 6.45) is 3.21. The lowest BCUT2D eigenvalue weighted by Crippen LogP contribution is -2.52. The van der Waals surface area contributed by atoms with Crippen molar-refractivity contribution < 1.29 is 14.6 Å². The quantitative estimate of drug-likeness (QED) is 0.541. The van der Waals surface area contributed by atoms with Crippen molar-refractivity contribution in [3.05, 3.63) is 35.8 Å². The van der Waals surface area contributed by atoms with E-state index in [1.54, 1.807) is 13.4 Å². The number of β-amino-alcohol motifs (C(OH)–C–C–N with tert-alkyl or cyclic N) is 1. The molecule has 1 fully saturated rings. The molecule has 0 bridgehead atoms. The summed E-state index contributed by atoms with van der Waals surface area (Å²) in [5.41, 5.74) is 1.78. The van der Waals surface area contributed by atoms with Gasteiger partial charge in [-0.15, -0.1) is 0 Å². The van der Waals surface area contributed by atoms with E-state index in [1.165, 1.54) is 0 Å². The number of H-pyrrole nitrogens is 1. The molecule has 0 saturated carbocycles. The molecule has 2 aromatic rings. The van der Waals surface area contributed by atoms with Gasteiger partial charge in [0, 0.05) is 25.6 Å². The summed E-state index contributed by atoms with van der Waals surface area (Å²) in [6.45, 7) is 3.11. The van der Waals surface area contributed by atoms with Gasteiger partial charge < -0.3 is 24.8 Å². The number of benzene rings is 1. The summed E-state index contributed by atoms with van der Waals surface area (Å²) in [4.78, 5) is 6.65. The van der Waals surface area contributed by atoms with Crippen LogP contribution in [0.15, 0.2) is 35.1 Å². The normalized spacial score (nSPS) is 22.6. The smallest absolute Gasteiger partial charge is 0.122 e. The second-order valence-electron chi connectivity index (χ2n) is 6.49. The Morgan fingerprint density at radius 3 is 3.11 bits per heavy atom. The molecule has 3 heterocycles. The van der Waals surface area contributed by atoms with Crippen molar-refractivity contribution in [2.45, 2.75) is 12.3 Å². The first kappa shape index (κ1) is 17.8. The lowest BCUT2D eigenvalue weighted by Gasteiger charge is -2.35. The average Bonchev–Trinajstić information content (AvgIpc) is 3.12. The first-order valence-corrected chi connectivity index (χ1v) is 9.01. The zero-order chi connectivity index (χ0) is 18.6. The number of nitrogens with one attached hydrogen (secondary N) is 3.